The van der Waals surface area contributed by atoms with E-state index in [0.29, 0.717) is 11.3 Å². The van der Waals surface area contributed by atoms with Gasteiger partial charge in [-0.1, -0.05) is 51.1 Å². The van der Waals surface area contributed by atoms with Gasteiger partial charge in [-0.3, -0.25) is 0 Å². The largest absolute Gasteiger partial charge is 0.309 e. The Bertz CT molecular complexity index is 289. The normalized spacial score (nSPS) is 13.8. The molecule has 0 aliphatic heterocycles. The van der Waals surface area contributed by atoms with Crippen LogP contribution in [-0.2, 0) is 0 Å². The van der Waals surface area contributed by atoms with Crippen molar-refractivity contribution in [3.8, 4) is 0 Å². The Morgan fingerprint density at radius 1 is 1.19 bits per heavy atom. The maximum absolute atomic E-state index is 5.99. The molecule has 0 radical (unpaired) electrons. The smallest absolute Gasteiger partial charge is 0.0457 e. The molecular weight excluding hydrogens is 218 g/mol. The van der Waals surface area contributed by atoms with Crippen molar-refractivity contribution in [3.05, 3.63) is 35.9 Å². The summed E-state index contributed by atoms with van der Waals surface area (Å²) in [4.78, 5) is 0. The average Bonchev–Trinajstić information content (AvgIpc) is 2.24. The molecule has 0 saturated carbocycles. The maximum Gasteiger partial charge on any atom is 0.0457 e. The fourth-order valence-corrected chi connectivity index (χ4v) is 1.86. The van der Waals surface area contributed by atoms with Gasteiger partial charge in [0, 0.05) is 11.9 Å². The Morgan fingerprint density at radius 3 is 2.31 bits per heavy atom. The van der Waals surface area contributed by atoms with Crippen LogP contribution in [0.4, 0.5) is 0 Å². The van der Waals surface area contributed by atoms with Crippen LogP contribution in [0.15, 0.2) is 30.3 Å². The zero-order valence-electron chi connectivity index (χ0n) is 10.5. The second kappa shape index (κ2) is 6.27. The lowest BCUT2D eigenvalue weighted by Gasteiger charge is -2.21. The Labute approximate surface area is 104 Å². The van der Waals surface area contributed by atoms with Gasteiger partial charge in [-0.25, -0.2) is 0 Å². The van der Waals surface area contributed by atoms with Crippen molar-refractivity contribution in [2.24, 2.45) is 5.41 Å². The third-order valence-corrected chi connectivity index (χ3v) is 2.93. The minimum atomic E-state index is 0.269. The second-order valence-electron chi connectivity index (χ2n) is 5.38. The van der Waals surface area contributed by atoms with E-state index in [1.807, 2.05) is 6.07 Å². The SMILES string of the molecule is CC(C)(C)CCNC(CCl)c1ccccc1. The summed E-state index contributed by atoms with van der Waals surface area (Å²) in [5.74, 6) is 0.619. The van der Waals surface area contributed by atoms with E-state index in [9.17, 15) is 0 Å². The van der Waals surface area contributed by atoms with Crippen LogP contribution < -0.4 is 5.32 Å². The highest BCUT2D eigenvalue weighted by Gasteiger charge is 2.12. The zero-order chi connectivity index (χ0) is 12.0. The molecule has 0 heterocycles. The van der Waals surface area contributed by atoms with Gasteiger partial charge in [0.25, 0.3) is 0 Å². The van der Waals surface area contributed by atoms with Crippen LogP contribution in [0.25, 0.3) is 0 Å². The maximum atomic E-state index is 5.99. The Kier molecular flexibility index (Phi) is 5.30. The zero-order valence-corrected chi connectivity index (χ0v) is 11.2. The van der Waals surface area contributed by atoms with Gasteiger partial charge >= 0.3 is 0 Å². The highest BCUT2D eigenvalue weighted by Crippen LogP contribution is 2.19. The van der Waals surface area contributed by atoms with E-state index in [2.05, 4.69) is 50.4 Å². The quantitative estimate of drug-likeness (QED) is 0.767. The number of alkyl halides is 1. The summed E-state index contributed by atoms with van der Waals surface area (Å²) < 4.78 is 0. The van der Waals surface area contributed by atoms with Crippen LogP contribution in [0.3, 0.4) is 0 Å². The first kappa shape index (κ1) is 13.5. The first-order chi connectivity index (χ1) is 7.53. The summed E-state index contributed by atoms with van der Waals surface area (Å²) in [7, 11) is 0. The number of hydrogen-bond acceptors (Lipinski definition) is 1. The van der Waals surface area contributed by atoms with E-state index >= 15 is 0 Å². The third kappa shape index (κ3) is 5.00. The monoisotopic (exact) mass is 239 g/mol. The molecule has 16 heavy (non-hydrogen) atoms. The molecule has 90 valence electrons. The van der Waals surface area contributed by atoms with E-state index in [1.165, 1.54) is 5.56 Å². The van der Waals surface area contributed by atoms with Crippen LogP contribution in [-0.4, -0.2) is 12.4 Å². The number of hydrogen-bond donors (Lipinski definition) is 1. The molecule has 1 rings (SSSR count). The van der Waals surface area contributed by atoms with Crippen molar-refractivity contribution < 1.29 is 0 Å². The fourth-order valence-electron chi connectivity index (χ4n) is 1.57. The van der Waals surface area contributed by atoms with E-state index in [-0.39, 0.29) is 6.04 Å². The molecule has 0 bridgehead atoms. The first-order valence-electron chi connectivity index (χ1n) is 5.87. The molecule has 1 N–H and O–H groups in total. The third-order valence-electron chi connectivity index (χ3n) is 2.62. The van der Waals surface area contributed by atoms with E-state index in [0.717, 1.165) is 13.0 Å². The molecule has 0 amide bonds. The molecule has 0 fully saturated rings. The molecule has 1 unspecified atom stereocenters. The fraction of sp³-hybridized carbons (Fsp3) is 0.571. The van der Waals surface area contributed by atoms with E-state index in [4.69, 9.17) is 11.6 Å². The van der Waals surface area contributed by atoms with Crippen molar-refractivity contribution in [2.45, 2.75) is 33.2 Å². The molecule has 1 nitrogen and oxygen atoms in total. The van der Waals surface area contributed by atoms with Gasteiger partial charge in [0.05, 0.1) is 0 Å². The summed E-state index contributed by atoms with van der Waals surface area (Å²) in [6.07, 6.45) is 1.16. The van der Waals surface area contributed by atoms with Gasteiger partial charge < -0.3 is 5.32 Å². The predicted octanol–water partition coefficient (Wildman–Crippen LogP) is 3.99. The summed E-state index contributed by atoms with van der Waals surface area (Å²) >= 11 is 5.99. The lowest BCUT2D eigenvalue weighted by Crippen LogP contribution is -2.26. The van der Waals surface area contributed by atoms with Gasteiger partial charge in [0.15, 0.2) is 0 Å². The number of halogens is 1. The molecular formula is C14H22ClN. The topological polar surface area (TPSA) is 12.0 Å². The summed E-state index contributed by atoms with van der Waals surface area (Å²) in [6, 6.07) is 10.7. The molecule has 0 aromatic heterocycles. The number of rotatable bonds is 5. The van der Waals surface area contributed by atoms with E-state index < -0.39 is 0 Å². The Balaban J connectivity index is 2.45. The molecule has 2 heteroatoms. The summed E-state index contributed by atoms with van der Waals surface area (Å²) in [6.45, 7) is 7.78. The lowest BCUT2D eigenvalue weighted by molar-refractivity contribution is 0.358. The molecule has 0 saturated heterocycles. The van der Waals surface area contributed by atoms with Crippen molar-refractivity contribution in [1.29, 1.82) is 0 Å². The molecule has 0 aliphatic rings. The van der Waals surface area contributed by atoms with Crippen molar-refractivity contribution in [1.82, 2.24) is 5.32 Å². The number of nitrogens with one attached hydrogen (secondary N) is 1. The predicted molar refractivity (Wildman–Crippen MR) is 72.0 cm³/mol. The van der Waals surface area contributed by atoms with Crippen molar-refractivity contribution in [3.63, 3.8) is 0 Å². The molecule has 0 aliphatic carbocycles. The van der Waals surface area contributed by atoms with Crippen molar-refractivity contribution in [2.75, 3.05) is 12.4 Å². The van der Waals surface area contributed by atoms with Gasteiger partial charge in [-0.05, 0) is 23.9 Å². The van der Waals surface area contributed by atoms with Crippen LogP contribution in [0.1, 0.15) is 38.8 Å². The second-order valence-corrected chi connectivity index (χ2v) is 5.69. The Hall–Kier alpha value is -0.530. The van der Waals surface area contributed by atoms with Crippen LogP contribution in [0.2, 0.25) is 0 Å². The molecule has 0 spiro atoms. The Morgan fingerprint density at radius 2 is 1.81 bits per heavy atom. The van der Waals surface area contributed by atoms with Crippen LogP contribution >= 0.6 is 11.6 Å². The van der Waals surface area contributed by atoms with Gasteiger partial charge in [0.2, 0.25) is 0 Å². The highest BCUT2D eigenvalue weighted by molar-refractivity contribution is 6.18. The summed E-state index contributed by atoms with van der Waals surface area (Å²) in [5.41, 5.74) is 1.65. The lowest BCUT2D eigenvalue weighted by atomic mass is 9.92. The first-order valence-corrected chi connectivity index (χ1v) is 6.41. The average molecular weight is 240 g/mol. The van der Waals surface area contributed by atoms with Crippen LogP contribution in [0.5, 0.6) is 0 Å². The van der Waals surface area contributed by atoms with Gasteiger partial charge in [0.1, 0.15) is 0 Å². The molecule has 1 aromatic carbocycles. The highest BCUT2D eigenvalue weighted by atomic mass is 35.5. The number of benzene rings is 1. The van der Waals surface area contributed by atoms with Crippen molar-refractivity contribution >= 4 is 11.6 Å². The minimum absolute atomic E-state index is 0.269. The molecule has 1 atom stereocenters. The minimum Gasteiger partial charge on any atom is -0.309 e. The summed E-state index contributed by atoms with van der Waals surface area (Å²) in [5, 5.41) is 3.51. The van der Waals surface area contributed by atoms with Gasteiger partial charge in [-0.15, -0.1) is 11.6 Å². The molecule has 1 aromatic rings. The van der Waals surface area contributed by atoms with Gasteiger partial charge in [-0.2, -0.15) is 0 Å². The van der Waals surface area contributed by atoms with E-state index in [1.54, 1.807) is 0 Å². The standard InChI is InChI=1S/C14H22ClN/c1-14(2,3)9-10-16-13(11-15)12-7-5-4-6-8-12/h4-8,13,16H,9-11H2,1-3H3. The van der Waals surface area contributed by atoms with Crippen LogP contribution in [0, 0.1) is 5.41 Å².